The quantitative estimate of drug-likeness (QED) is 0.897. The highest BCUT2D eigenvalue weighted by Crippen LogP contribution is 2.24. The number of likely N-dealkylation sites (tertiary alicyclic amines) is 1. The first-order chi connectivity index (χ1) is 9.40. The van der Waals surface area contributed by atoms with E-state index in [0.29, 0.717) is 18.9 Å². The van der Waals surface area contributed by atoms with Crippen molar-refractivity contribution < 1.29 is 23.5 Å². The van der Waals surface area contributed by atoms with Crippen molar-refractivity contribution in [1.29, 1.82) is 0 Å². The highest BCUT2D eigenvalue weighted by atomic mass is 19.1. The van der Waals surface area contributed by atoms with Crippen LogP contribution < -0.4 is 0 Å². The average Bonchev–Trinajstić information content (AvgIpc) is 2.38. The lowest BCUT2D eigenvalue weighted by Crippen LogP contribution is -2.47. The van der Waals surface area contributed by atoms with Crippen molar-refractivity contribution in [2.45, 2.75) is 25.8 Å². The molecule has 0 aromatic carbocycles. The highest BCUT2D eigenvalue weighted by molar-refractivity contribution is 5.93. The number of aliphatic carboxylic acids is 1. The first-order valence-electron chi connectivity index (χ1n) is 6.25. The number of halogens is 2. The summed E-state index contributed by atoms with van der Waals surface area (Å²) in [6.07, 6.45) is 1.75. The molecule has 20 heavy (non-hydrogen) atoms. The molecular formula is C13H14F2N2O3. The maximum Gasteiger partial charge on any atom is 0.308 e. The minimum absolute atomic E-state index is 0.00777. The Kier molecular flexibility index (Phi) is 3.96. The largest absolute Gasteiger partial charge is 0.481 e. The zero-order valence-electron chi connectivity index (χ0n) is 10.8. The molecule has 2 atom stereocenters. The number of amides is 1. The summed E-state index contributed by atoms with van der Waals surface area (Å²) in [5.74, 6) is -4.27. The summed E-state index contributed by atoms with van der Waals surface area (Å²) in [5, 5.41) is 9.01. The number of rotatable bonds is 2. The van der Waals surface area contributed by atoms with E-state index in [1.807, 2.05) is 0 Å². The van der Waals surface area contributed by atoms with Crippen molar-refractivity contribution in [3.63, 3.8) is 0 Å². The van der Waals surface area contributed by atoms with E-state index in [1.165, 1.54) is 4.90 Å². The van der Waals surface area contributed by atoms with Gasteiger partial charge < -0.3 is 10.0 Å². The summed E-state index contributed by atoms with van der Waals surface area (Å²) >= 11 is 0. The number of carboxylic acids is 1. The van der Waals surface area contributed by atoms with Crippen molar-refractivity contribution >= 4 is 11.9 Å². The molecule has 2 rings (SSSR count). The maximum absolute atomic E-state index is 13.6. The Bertz CT molecular complexity index is 550. The van der Waals surface area contributed by atoms with E-state index in [2.05, 4.69) is 4.98 Å². The number of pyridine rings is 1. The molecular weight excluding hydrogens is 270 g/mol. The van der Waals surface area contributed by atoms with Gasteiger partial charge in [0, 0.05) is 18.7 Å². The summed E-state index contributed by atoms with van der Waals surface area (Å²) < 4.78 is 26.4. The molecule has 0 aliphatic carbocycles. The molecule has 1 amide bonds. The van der Waals surface area contributed by atoms with Gasteiger partial charge in [0.25, 0.3) is 5.91 Å². The lowest BCUT2D eigenvalue weighted by atomic mass is 9.93. The molecule has 1 aromatic rings. The van der Waals surface area contributed by atoms with Gasteiger partial charge in [-0.15, -0.1) is 0 Å². The number of hydrogen-bond donors (Lipinski definition) is 1. The van der Waals surface area contributed by atoms with E-state index in [-0.39, 0.29) is 12.6 Å². The molecule has 0 bridgehead atoms. The smallest absolute Gasteiger partial charge is 0.308 e. The van der Waals surface area contributed by atoms with Crippen LogP contribution >= 0.6 is 0 Å². The second-order valence-electron chi connectivity index (χ2n) is 4.90. The summed E-state index contributed by atoms with van der Waals surface area (Å²) in [5.41, 5.74) is -0.482. The molecule has 1 fully saturated rings. The van der Waals surface area contributed by atoms with Crippen molar-refractivity contribution in [2.24, 2.45) is 5.92 Å². The highest BCUT2D eigenvalue weighted by Gasteiger charge is 2.34. The van der Waals surface area contributed by atoms with Crippen molar-refractivity contribution in [2.75, 3.05) is 6.54 Å². The first kappa shape index (κ1) is 14.4. The molecule has 2 unspecified atom stereocenters. The van der Waals surface area contributed by atoms with Gasteiger partial charge in [-0.2, -0.15) is 0 Å². The number of aromatic nitrogens is 1. The molecule has 0 spiro atoms. The number of carbonyl (C=O) groups is 2. The zero-order chi connectivity index (χ0) is 14.9. The zero-order valence-corrected chi connectivity index (χ0v) is 10.8. The molecule has 1 aliphatic heterocycles. The number of carbonyl (C=O) groups excluding carboxylic acids is 1. The van der Waals surface area contributed by atoms with Crippen LogP contribution in [0.15, 0.2) is 12.3 Å². The monoisotopic (exact) mass is 284 g/mol. The van der Waals surface area contributed by atoms with Crippen LogP contribution in [0.3, 0.4) is 0 Å². The lowest BCUT2D eigenvalue weighted by molar-refractivity contribution is -0.143. The van der Waals surface area contributed by atoms with Crippen LogP contribution in [0.5, 0.6) is 0 Å². The Morgan fingerprint density at radius 1 is 1.40 bits per heavy atom. The predicted octanol–water partition coefficient (Wildman–Crippen LogP) is 1.69. The van der Waals surface area contributed by atoms with E-state index in [0.717, 1.165) is 6.20 Å². The Hall–Kier alpha value is -2.05. The van der Waals surface area contributed by atoms with Gasteiger partial charge in [-0.1, -0.05) is 0 Å². The molecule has 0 saturated carbocycles. The normalized spacial score (nSPS) is 22.6. The van der Waals surface area contributed by atoms with Gasteiger partial charge >= 0.3 is 5.97 Å². The van der Waals surface area contributed by atoms with Gasteiger partial charge in [-0.05, 0) is 19.8 Å². The van der Waals surface area contributed by atoms with E-state index in [1.54, 1.807) is 6.92 Å². The lowest BCUT2D eigenvalue weighted by Gasteiger charge is -2.36. The number of nitrogens with zero attached hydrogens (tertiary/aromatic N) is 2. The van der Waals surface area contributed by atoms with Crippen LogP contribution in [0.25, 0.3) is 0 Å². The standard InChI is InChI=1S/C13H14F2N2O3/c1-7-2-3-8(13(19)20)6-17(7)12(18)11-10(15)4-9(14)5-16-11/h4-5,7-8H,2-3,6H2,1H3,(H,19,20). The van der Waals surface area contributed by atoms with Gasteiger partial charge in [0.05, 0.1) is 12.1 Å². The van der Waals surface area contributed by atoms with Crippen LogP contribution in [0.4, 0.5) is 8.78 Å². The molecule has 2 heterocycles. The first-order valence-corrected chi connectivity index (χ1v) is 6.25. The fourth-order valence-corrected chi connectivity index (χ4v) is 2.30. The summed E-state index contributed by atoms with van der Waals surface area (Å²) in [6.45, 7) is 1.77. The van der Waals surface area contributed by atoms with Gasteiger partial charge in [0.2, 0.25) is 0 Å². The van der Waals surface area contributed by atoms with Gasteiger partial charge in [-0.3, -0.25) is 9.59 Å². The van der Waals surface area contributed by atoms with E-state index < -0.39 is 35.1 Å². The Morgan fingerprint density at radius 2 is 2.10 bits per heavy atom. The molecule has 0 radical (unpaired) electrons. The van der Waals surface area contributed by atoms with Crippen LogP contribution in [0.1, 0.15) is 30.3 Å². The maximum atomic E-state index is 13.6. The Labute approximate surface area is 114 Å². The summed E-state index contributed by atoms with van der Waals surface area (Å²) in [4.78, 5) is 28.0. The molecule has 5 nitrogen and oxygen atoms in total. The molecule has 1 saturated heterocycles. The number of carboxylic acid groups (broad SMARTS) is 1. The molecule has 1 N–H and O–H groups in total. The topological polar surface area (TPSA) is 70.5 Å². The van der Waals surface area contributed by atoms with Gasteiger partial charge in [0.15, 0.2) is 11.5 Å². The van der Waals surface area contributed by atoms with Crippen LogP contribution in [0, 0.1) is 17.6 Å². The van der Waals surface area contributed by atoms with Crippen molar-refractivity contribution in [3.8, 4) is 0 Å². The fourth-order valence-electron chi connectivity index (χ4n) is 2.30. The van der Waals surface area contributed by atoms with Gasteiger partial charge in [0.1, 0.15) is 5.82 Å². The van der Waals surface area contributed by atoms with Crippen LogP contribution in [-0.4, -0.2) is 39.5 Å². The Morgan fingerprint density at radius 3 is 2.70 bits per heavy atom. The van der Waals surface area contributed by atoms with E-state index >= 15 is 0 Å². The van der Waals surface area contributed by atoms with Crippen molar-refractivity contribution in [1.82, 2.24) is 9.88 Å². The van der Waals surface area contributed by atoms with E-state index in [4.69, 9.17) is 5.11 Å². The Balaban J connectivity index is 2.24. The number of piperidine rings is 1. The molecule has 1 aliphatic rings. The molecule has 108 valence electrons. The van der Waals surface area contributed by atoms with E-state index in [9.17, 15) is 18.4 Å². The van der Waals surface area contributed by atoms with Crippen molar-refractivity contribution in [3.05, 3.63) is 29.6 Å². The average molecular weight is 284 g/mol. The fraction of sp³-hybridized carbons (Fsp3) is 0.462. The third kappa shape index (κ3) is 2.76. The predicted molar refractivity (Wildman–Crippen MR) is 65.0 cm³/mol. The second-order valence-corrected chi connectivity index (χ2v) is 4.90. The minimum atomic E-state index is -1.04. The number of hydrogen-bond acceptors (Lipinski definition) is 3. The van der Waals surface area contributed by atoms with Crippen LogP contribution in [0.2, 0.25) is 0 Å². The SMILES string of the molecule is CC1CCC(C(=O)O)CN1C(=O)c1ncc(F)cc1F. The van der Waals surface area contributed by atoms with Gasteiger partial charge in [-0.25, -0.2) is 13.8 Å². The summed E-state index contributed by atoms with van der Waals surface area (Å²) in [6, 6.07) is 0.383. The molecule has 7 heteroatoms. The second kappa shape index (κ2) is 5.52. The molecule has 1 aromatic heterocycles. The minimum Gasteiger partial charge on any atom is -0.481 e. The summed E-state index contributed by atoms with van der Waals surface area (Å²) in [7, 11) is 0. The third-order valence-electron chi connectivity index (χ3n) is 3.50. The third-order valence-corrected chi connectivity index (χ3v) is 3.50. The van der Waals surface area contributed by atoms with Crippen LogP contribution in [-0.2, 0) is 4.79 Å².